The molecule has 1 N–H and O–H groups in total. The monoisotopic (exact) mass is 384 g/mol. The lowest BCUT2D eigenvalue weighted by atomic mass is 9.91. The van der Waals surface area contributed by atoms with E-state index in [4.69, 9.17) is 0 Å². The molecule has 0 saturated carbocycles. The summed E-state index contributed by atoms with van der Waals surface area (Å²) in [5, 5.41) is 1.19. The van der Waals surface area contributed by atoms with Crippen molar-refractivity contribution in [1.82, 2.24) is 9.88 Å². The summed E-state index contributed by atoms with van der Waals surface area (Å²) < 4.78 is 13.6. The quantitative estimate of drug-likeness (QED) is 0.493. The van der Waals surface area contributed by atoms with Gasteiger partial charge in [0.25, 0.3) is 5.91 Å². The summed E-state index contributed by atoms with van der Waals surface area (Å²) in [7, 11) is 0. The number of nitrogens with one attached hydrogen (secondary N) is 1. The Morgan fingerprint density at radius 2 is 1.83 bits per heavy atom. The van der Waals surface area contributed by atoms with Crippen molar-refractivity contribution in [1.29, 1.82) is 0 Å². The Labute approximate surface area is 168 Å². The standard InChI is InChI=1S/C25H21FN2O/c1-16-5-4-6-18(15-16)25(29)28-14-13-21-20-7-2-3-8-22(20)27-23(21)24(28)17-9-11-19(26)12-10-17/h2-12,15,24,27H,13-14H2,1H3. The summed E-state index contributed by atoms with van der Waals surface area (Å²) >= 11 is 0. The van der Waals surface area contributed by atoms with Crippen LogP contribution in [0.15, 0.2) is 72.8 Å². The van der Waals surface area contributed by atoms with Gasteiger partial charge < -0.3 is 9.88 Å². The molecule has 1 amide bonds. The molecule has 5 rings (SSSR count). The van der Waals surface area contributed by atoms with Gasteiger partial charge in [0, 0.05) is 28.7 Å². The molecule has 0 aliphatic carbocycles. The molecule has 0 bridgehead atoms. The largest absolute Gasteiger partial charge is 0.356 e. The molecular formula is C25H21FN2O. The molecule has 3 aromatic carbocycles. The van der Waals surface area contributed by atoms with Crippen LogP contribution >= 0.6 is 0 Å². The van der Waals surface area contributed by atoms with E-state index in [-0.39, 0.29) is 17.8 Å². The number of benzene rings is 3. The summed E-state index contributed by atoms with van der Waals surface area (Å²) in [6.45, 7) is 2.60. The average Bonchev–Trinajstić information content (AvgIpc) is 3.12. The molecule has 144 valence electrons. The number of nitrogens with zero attached hydrogens (tertiary/aromatic N) is 1. The van der Waals surface area contributed by atoms with Crippen LogP contribution in [0.4, 0.5) is 4.39 Å². The first-order chi connectivity index (χ1) is 14.1. The molecule has 1 aliphatic heterocycles. The van der Waals surface area contributed by atoms with Gasteiger partial charge >= 0.3 is 0 Å². The smallest absolute Gasteiger partial charge is 0.254 e. The van der Waals surface area contributed by atoms with E-state index in [2.05, 4.69) is 17.1 Å². The number of hydrogen-bond donors (Lipinski definition) is 1. The number of H-pyrrole nitrogens is 1. The highest BCUT2D eigenvalue weighted by Gasteiger charge is 2.34. The van der Waals surface area contributed by atoms with Gasteiger partial charge in [-0.1, -0.05) is 48.0 Å². The molecule has 4 aromatic rings. The highest BCUT2D eigenvalue weighted by atomic mass is 19.1. The van der Waals surface area contributed by atoms with Gasteiger partial charge in [-0.05, 0) is 54.8 Å². The Bertz CT molecular complexity index is 1210. The fraction of sp³-hybridized carbons (Fsp3) is 0.160. The van der Waals surface area contributed by atoms with Crippen molar-refractivity contribution in [2.75, 3.05) is 6.54 Å². The van der Waals surface area contributed by atoms with E-state index in [1.165, 1.54) is 23.1 Å². The molecule has 0 fully saturated rings. The van der Waals surface area contributed by atoms with Crippen LogP contribution < -0.4 is 0 Å². The van der Waals surface area contributed by atoms with E-state index in [1.807, 2.05) is 48.2 Å². The number of para-hydroxylation sites is 1. The van der Waals surface area contributed by atoms with Crippen molar-refractivity contribution in [2.24, 2.45) is 0 Å². The van der Waals surface area contributed by atoms with E-state index in [0.29, 0.717) is 12.1 Å². The zero-order chi connectivity index (χ0) is 20.0. The lowest BCUT2D eigenvalue weighted by Gasteiger charge is -2.36. The highest BCUT2D eigenvalue weighted by Crippen LogP contribution is 2.39. The van der Waals surface area contributed by atoms with E-state index < -0.39 is 0 Å². The van der Waals surface area contributed by atoms with Crippen LogP contribution in [0, 0.1) is 12.7 Å². The second kappa shape index (κ2) is 6.89. The van der Waals surface area contributed by atoms with Gasteiger partial charge in [-0.15, -0.1) is 0 Å². The first-order valence-corrected chi connectivity index (χ1v) is 9.84. The van der Waals surface area contributed by atoms with Crippen LogP contribution in [0.2, 0.25) is 0 Å². The second-order valence-electron chi connectivity index (χ2n) is 7.63. The third-order valence-electron chi connectivity index (χ3n) is 5.75. The van der Waals surface area contributed by atoms with Gasteiger partial charge in [0.1, 0.15) is 5.82 Å². The Balaban J connectivity index is 1.66. The summed E-state index contributed by atoms with van der Waals surface area (Å²) in [5.74, 6) is -0.287. The van der Waals surface area contributed by atoms with Crippen LogP contribution in [-0.2, 0) is 6.42 Å². The minimum atomic E-state index is -0.280. The maximum Gasteiger partial charge on any atom is 0.254 e. The molecule has 4 heteroatoms. The fourth-order valence-electron chi connectivity index (χ4n) is 4.40. The zero-order valence-electron chi connectivity index (χ0n) is 16.2. The minimum absolute atomic E-state index is 0.00710. The van der Waals surface area contributed by atoms with Crippen molar-refractivity contribution >= 4 is 16.8 Å². The van der Waals surface area contributed by atoms with Crippen molar-refractivity contribution in [3.05, 3.63) is 107 Å². The molecule has 2 heterocycles. The Morgan fingerprint density at radius 3 is 2.62 bits per heavy atom. The van der Waals surface area contributed by atoms with Crippen LogP contribution in [0.25, 0.3) is 10.9 Å². The van der Waals surface area contributed by atoms with Crippen LogP contribution in [0.3, 0.4) is 0 Å². The highest BCUT2D eigenvalue weighted by molar-refractivity contribution is 5.95. The maximum atomic E-state index is 13.6. The topological polar surface area (TPSA) is 36.1 Å². The number of aryl methyl sites for hydroxylation is 1. The van der Waals surface area contributed by atoms with E-state index in [1.54, 1.807) is 12.1 Å². The zero-order valence-corrected chi connectivity index (χ0v) is 16.2. The number of halogens is 1. The second-order valence-corrected chi connectivity index (χ2v) is 7.63. The lowest BCUT2D eigenvalue weighted by molar-refractivity contribution is 0.0692. The first kappa shape index (κ1) is 17.7. The lowest BCUT2D eigenvalue weighted by Crippen LogP contribution is -2.40. The van der Waals surface area contributed by atoms with Crippen molar-refractivity contribution < 1.29 is 9.18 Å². The predicted octanol–water partition coefficient (Wildman–Crippen LogP) is 5.40. The van der Waals surface area contributed by atoms with Gasteiger partial charge in [0.05, 0.1) is 6.04 Å². The number of carbonyl (C=O) groups is 1. The molecule has 0 radical (unpaired) electrons. The molecule has 0 saturated heterocycles. The fourth-order valence-corrected chi connectivity index (χ4v) is 4.40. The molecule has 1 unspecified atom stereocenters. The SMILES string of the molecule is Cc1cccc(C(=O)N2CCc3c([nH]c4ccccc34)C2c2ccc(F)cc2)c1. The van der Waals surface area contributed by atoms with E-state index >= 15 is 0 Å². The molecule has 1 atom stereocenters. The molecule has 1 aromatic heterocycles. The van der Waals surface area contributed by atoms with Gasteiger partial charge in [-0.25, -0.2) is 4.39 Å². The Hall–Kier alpha value is -3.40. The molecule has 29 heavy (non-hydrogen) atoms. The van der Waals surface area contributed by atoms with Gasteiger partial charge in [0.15, 0.2) is 0 Å². The summed E-state index contributed by atoms with van der Waals surface area (Å²) in [4.78, 5) is 18.9. The Kier molecular flexibility index (Phi) is 4.20. The normalized spacial score (nSPS) is 16.1. The average molecular weight is 384 g/mol. The van der Waals surface area contributed by atoms with Crippen LogP contribution in [-0.4, -0.2) is 22.3 Å². The first-order valence-electron chi connectivity index (χ1n) is 9.84. The minimum Gasteiger partial charge on any atom is -0.356 e. The molecule has 1 aliphatic rings. The van der Waals surface area contributed by atoms with Crippen LogP contribution in [0.1, 0.15) is 38.8 Å². The van der Waals surface area contributed by atoms with E-state index in [9.17, 15) is 9.18 Å². The van der Waals surface area contributed by atoms with Gasteiger partial charge in [-0.2, -0.15) is 0 Å². The summed E-state index contributed by atoms with van der Waals surface area (Å²) in [6.07, 6.45) is 0.786. The van der Waals surface area contributed by atoms with Crippen molar-refractivity contribution in [2.45, 2.75) is 19.4 Å². The number of amides is 1. The van der Waals surface area contributed by atoms with Crippen molar-refractivity contribution in [3.63, 3.8) is 0 Å². The van der Waals surface area contributed by atoms with Crippen LogP contribution in [0.5, 0.6) is 0 Å². The summed E-state index contributed by atoms with van der Waals surface area (Å²) in [6, 6.07) is 22.1. The number of hydrogen-bond acceptors (Lipinski definition) is 1. The van der Waals surface area contributed by atoms with Gasteiger partial charge in [0.2, 0.25) is 0 Å². The third-order valence-corrected chi connectivity index (χ3v) is 5.75. The number of rotatable bonds is 2. The summed E-state index contributed by atoms with van der Waals surface area (Å²) in [5.41, 5.74) is 5.96. The number of aromatic nitrogens is 1. The number of fused-ring (bicyclic) bond motifs is 3. The molecule has 3 nitrogen and oxygen atoms in total. The molecule has 0 spiro atoms. The maximum absolute atomic E-state index is 13.6. The predicted molar refractivity (Wildman–Crippen MR) is 112 cm³/mol. The van der Waals surface area contributed by atoms with E-state index in [0.717, 1.165) is 28.8 Å². The van der Waals surface area contributed by atoms with Crippen molar-refractivity contribution in [3.8, 4) is 0 Å². The number of carbonyl (C=O) groups excluding carboxylic acids is 1. The number of aromatic amines is 1. The van der Waals surface area contributed by atoms with Gasteiger partial charge in [-0.3, -0.25) is 4.79 Å². The molecular weight excluding hydrogens is 363 g/mol. The Morgan fingerprint density at radius 1 is 1.03 bits per heavy atom. The third kappa shape index (κ3) is 3.01.